The minimum absolute atomic E-state index is 0.0327. The Hall–Kier alpha value is -2.04. The van der Waals surface area contributed by atoms with Crippen LogP contribution in [0, 0.1) is 0 Å². The predicted octanol–water partition coefficient (Wildman–Crippen LogP) is 11.7. The molecule has 1 saturated carbocycles. The molecule has 2 aliphatic heterocycles. The standard InChI is InChI=1S/C75H141O24P/c1-4-7-10-13-16-19-22-25-27-29-32-35-38-41-44-47-50-60(78)92-55-58-63(81)65(83)70(88)75(96-58)98-72-68(86)66(84)67(85)71(97-74-69(87)64(82)62(80)57(52-76)95-74)73(72)99-100(89,90)93-54-56(53-91-59(77)49-46-43-40-37-34-31-24-21-18-15-12-9-6-3)94-61(79)51-48-45-42-39-36-33-30-28-26-23-20-17-14-11-8-5-2/h56-58,62-76,80-88H,4-55H2,1-3H3,(H,89,90). The Morgan fingerprint density at radius 2 is 0.640 bits per heavy atom. The highest BCUT2D eigenvalue weighted by atomic mass is 31.2. The number of rotatable bonds is 63. The number of carbonyl (C=O) groups excluding carboxylic acids is 3. The first-order valence-corrected chi connectivity index (χ1v) is 41.3. The van der Waals surface area contributed by atoms with Crippen LogP contribution in [0.5, 0.6) is 0 Å². The highest BCUT2D eigenvalue weighted by Crippen LogP contribution is 2.49. The van der Waals surface area contributed by atoms with Crippen molar-refractivity contribution in [3.05, 3.63) is 0 Å². The van der Waals surface area contributed by atoms with E-state index in [4.69, 9.17) is 42.2 Å². The molecule has 0 radical (unpaired) electrons. The quantitative estimate of drug-likeness (QED) is 0.0117. The zero-order valence-electron chi connectivity index (χ0n) is 61.8. The van der Waals surface area contributed by atoms with Crippen LogP contribution in [0.3, 0.4) is 0 Å². The van der Waals surface area contributed by atoms with Gasteiger partial charge in [-0.1, -0.05) is 290 Å². The van der Waals surface area contributed by atoms with E-state index in [-0.39, 0.29) is 19.3 Å². The number of hydrogen-bond donors (Lipinski definition) is 11. The lowest BCUT2D eigenvalue weighted by Gasteiger charge is -2.49. The van der Waals surface area contributed by atoms with Crippen LogP contribution in [0.1, 0.15) is 329 Å². The average Bonchev–Trinajstić information content (AvgIpc) is 0.762. The number of aliphatic hydroxyl groups excluding tert-OH is 10. The minimum Gasteiger partial charge on any atom is -0.463 e. The van der Waals surface area contributed by atoms with Crippen LogP contribution < -0.4 is 0 Å². The normalized spacial score (nSPS) is 27.3. The molecule has 24 nitrogen and oxygen atoms in total. The highest BCUT2D eigenvalue weighted by molar-refractivity contribution is 7.47. The molecule has 25 heteroatoms. The van der Waals surface area contributed by atoms with Crippen LogP contribution in [0.2, 0.25) is 0 Å². The summed E-state index contributed by atoms with van der Waals surface area (Å²) in [6.07, 6.45) is 15.7. The van der Waals surface area contributed by atoms with Gasteiger partial charge in [0, 0.05) is 19.3 Å². The van der Waals surface area contributed by atoms with E-state index >= 15 is 0 Å². The third-order valence-corrected chi connectivity index (χ3v) is 20.9. The molecule has 18 atom stereocenters. The Balaban J connectivity index is 1.70. The summed E-state index contributed by atoms with van der Waals surface area (Å²) >= 11 is 0. The first-order valence-electron chi connectivity index (χ1n) is 39.8. The third-order valence-electron chi connectivity index (χ3n) is 19.9. The van der Waals surface area contributed by atoms with Gasteiger partial charge in [-0.15, -0.1) is 0 Å². The first-order chi connectivity index (χ1) is 48.3. The van der Waals surface area contributed by atoms with Crippen LogP contribution in [-0.2, 0) is 61.2 Å². The van der Waals surface area contributed by atoms with Crippen molar-refractivity contribution in [2.24, 2.45) is 0 Å². The van der Waals surface area contributed by atoms with Gasteiger partial charge < -0.3 is 89.1 Å². The molecule has 2 heterocycles. The lowest BCUT2D eigenvalue weighted by molar-refractivity contribution is -0.360. The predicted molar refractivity (Wildman–Crippen MR) is 379 cm³/mol. The summed E-state index contributed by atoms with van der Waals surface area (Å²) in [5, 5.41) is 110. The van der Waals surface area contributed by atoms with Gasteiger partial charge in [0.05, 0.1) is 13.2 Å². The van der Waals surface area contributed by atoms with Crippen molar-refractivity contribution in [2.75, 3.05) is 26.4 Å². The summed E-state index contributed by atoms with van der Waals surface area (Å²) in [5.41, 5.74) is 0. The molecule has 590 valence electrons. The fourth-order valence-corrected chi connectivity index (χ4v) is 14.4. The molecule has 0 aromatic rings. The second-order valence-electron chi connectivity index (χ2n) is 28.8. The Kier molecular flexibility index (Phi) is 52.7. The fourth-order valence-electron chi connectivity index (χ4n) is 13.4. The number of ether oxygens (including phenoxy) is 7. The number of phosphoric ester groups is 1. The molecule has 0 aromatic carbocycles. The van der Waals surface area contributed by atoms with Crippen molar-refractivity contribution in [1.29, 1.82) is 0 Å². The molecule has 1 aliphatic carbocycles. The summed E-state index contributed by atoms with van der Waals surface area (Å²) in [6, 6.07) is 0. The molecule has 3 aliphatic rings. The van der Waals surface area contributed by atoms with Crippen molar-refractivity contribution in [1.82, 2.24) is 0 Å². The smallest absolute Gasteiger partial charge is 0.463 e. The van der Waals surface area contributed by atoms with Crippen molar-refractivity contribution < 1.29 is 117 Å². The second-order valence-corrected chi connectivity index (χ2v) is 30.2. The van der Waals surface area contributed by atoms with Crippen LogP contribution in [0.15, 0.2) is 0 Å². The lowest BCUT2D eigenvalue weighted by atomic mass is 9.84. The van der Waals surface area contributed by atoms with E-state index in [2.05, 4.69) is 20.8 Å². The molecular weight excluding hydrogens is 1320 g/mol. The fraction of sp³-hybridized carbons (Fsp3) is 0.960. The van der Waals surface area contributed by atoms with Crippen molar-refractivity contribution >= 4 is 25.7 Å². The summed E-state index contributed by atoms with van der Waals surface area (Å²) < 4.78 is 65.2. The van der Waals surface area contributed by atoms with Gasteiger partial charge in [0.25, 0.3) is 0 Å². The topological polar surface area (TPSA) is 374 Å². The van der Waals surface area contributed by atoms with Crippen LogP contribution in [-0.4, -0.2) is 204 Å². The first kappa shape index (κ1) is 92.2. The van der Waals surface area contributed by atoms with Crippen LogP contribution in [0.25, 0.3) is 0 Å². The summed E-state index contributed by atoms with van der Waals surface area (Å²) in [7, 11) is -5.69. The molecule has 3 fully saturated rings. The molecule has 100 heavy (non-hydrogen) atoms. The number of phosphoric acid groups is 1. The van der Waals surface area contributed by atoms with E-state index in [9.17, 15) is 74.9 Å². The molecule has 11 N–H and O–H groups in total. The Morgan fingerprint density at radius 3 is 0.980 bits per heavy atom. The van der Waals surface area contributed by atoms with E-state index in [1.807, 2.05) is 0 Å². The summed E-state index contributed by atoms with van der Waals surface area (Å²) in [5.74, 6) is -1.97. The van der Waals surface area contributed by atoms with E-state index in [0.717, 1.165) is 89.9 Å². The monoisotopic (exact) mass is 1460 g/mol. The molecule has 0 aromatic heterocycles. The maximum absolute atomic E-state index is 14.4. The van der Waals surface area contributed by atoms with Gasteiger partial charge >= 0.3 is 25.7 Å². The van der Waals surface area contributed by atoms with E-state index in [1.54, 1.807) is 0 Å². The Morgan fingerprint density at radius 1 is 0.350 bits per heavy atom. The molecule has 0 spiro atoms. The van der Waals surface area contributed by atoms with Gasteiger partial charge in [0.1, 0.15) is 98.7 Å². The zero-order valence-corrected chi connectivity index (χ0v) is 62.7. The van der Waals surface area contributed by atoms with Crippen molar-refractivity contribution in [3.63, 3.8) is 0 Å². The Labute approximate surface area is 600 Å². The molecule has 18 unspecified atom stereocenters. The number of unbranched alkanes of at least 4 members (excludes halogenated alkanes) is 42. The zero-order chi connectivity index (χ0) is 73.2. The lowest BCUT2D eigenvalue weighted by Crippen LogP contribution is -2.69. The Bertz CT molecular complexity index is 2060. The SMILES string of the molecule is CCCCCCCCCCCCCCCCCCC(=O)OCC1OC(OC2C(O)C(O)C(O)C(OC3OC(CO)C(O)C(O)C3O)C2OP(=O)(O)OCC(COC(=O)CCCCCCCCCCCCCCC)OC(=O)CCCCCCCCCCCCCCCCCC)C(O)C(O)C1O. The third kappa shape index (κ3) is 39.5. The van der Waals surface area contributed by atoms with Crippen molar-refractivity contribution in [2.45, 2.75) is 433 Å². The molecule has 3 rings (SSSR count). The number of carbonyl (C=O) groups is 3. The molecular formula is C75H141O24P. The second kappa shape index (κ2) is 57.2. The van der Waals surface area contributed by atoms with Gasteiger partial charge in [0.2, 0.25) is 0 Å². The molecule has 2 saturated heterocycles. The minimum atomic E-state index is -5.69. The summed E-state index contributed by atoms with van der Waals surface area (Å²) in [6.45, 7) is 3.50. The maximum atomic E-state index is 14.4. The summed E-state index contributed by atoms with van der Waals surface area (Å²) in [4.78, 5) is 51.1. The van der Waals surface area contributed by atoms with Gasteiger partial charge in [-0.3, -0.25) is 23.4 Å². The van der Waals surface area contributed by atoms with Crippen LogP contribution >= 0.6 is 7.82 Å². The number of esters is 3. The van der Waals surface area contributed by atoms with E-state index < -0.39 is 156 Å². The maximum Gasteiger partial charge on any atom is 0.472 e. The molecule has 0 amide bonds. The molecule has 0 bridgehead atoms. The average molecular weight is 1460 g/mol. The highest BCUT2D eigenvalue weighted by Gasteiger charge is 2.58. The van der Waals surface area contributed by atoms with Crippen LogP contribution in [0.4, 0.5) is 0 Å². The van der Waals surface area contributed by atoms with Gasteiger partial charge in [0.15, 0.2) is 18.7 Å². The number of aliphatic hydroxyl groups is 10. The van der Waals surface area contributed by atoms with Crippen molar-refractivity contribution in [3.8, 4) is 0 Å². The van der Waals surface area contributed by atoms with Gasteiger partial charge in [-0.2, -0.15) is 0 Å². The van der Waals surface area contributed by atoms with Gasteiger partial charge in [-0.25, -0.2) is 4.57 Å². The van der Waals surface area contributed by atoms with E-state index in [1.165, 1.54) is 180 Å². The number of hydrogen-bond acceptors (Lipinski definition) is 23. The van der Waals surface area contributed by atoms with Gasteiger partial charge in [-0.05, 0) is 19.3 Å². The largest absolute Gasteiger partial charge is 0.472 e. The van der Waals surface area contributed by atoms with E-state index in [0.29, 0.717) is 19.3 Å².